The molecule has 0 unspecified atom stereocenters. The van der Waals surface area contributed by atoms with Gasteiger partial charge in [-0.25, -0.2) is 0 Å². The summed E-state index contributed by atoms with van der Waals surface area (Å²) in [5.74, 6) is 0.0473. The number of amides is 2. The van der Waals surface area contributed by atoms with Gasteiger partial charge in [0, 0.05) is 18.0 Å². The van der Waals surface area contributed by atoms with E-state index in [1.54, 1.807) is 7.05 Å². The number of rotatable bonds is 3. The number of anilines is 1. The van der Waals surface area contributed by atoms with Crippen LogP contribution in [0, 0.1) is 6.92 Å². The molecule has 6 nitrogen and oxygen atoms in total. The molecule has 3 aromatic carbocycles. The number of likely N-dealkylation sites (N-methyl/N-ethyl adjacent to an activating group) is 1. The second kappa shape index (κ2) is 7.89. The third-order valence-corrected chi connectivity index (χ3v) is 5.80. The van der Waals surface area contributed by atoms with Crippen LogP contribution in [-0.2, 0) is 4.79 Å². The fourth-order valence-corrected chi connectivity index (χ4v) is 4.12. The molecule has 6 heteroatoms. The molecule has 32 heavy (non-hydrogen) atoms. The van der Waals surface area contributed by atoms with E-state index in [9.17, 15) is 9.59 Å². The molecule has 0 saturated carbocycles. The molecule has 0 radical (unpaired) electrons. The Labute approximate surface area is 185 Å². The van der Waals surface area contributed by atoms with E-state index >= 15 is 0 Å². The fraction of sp³-hybridized carbons (Fsp3) is 0.154. The van der Waals surface area contributed by atoms with Crippen molar-refractivity contribution in [1.29, 1.82) is 0 Å². The first-order chi connectivity index (χ1) is 15.5. The van der Waals surface area contributed by atoms with Gasteiger partial charge in [-0.3, -0.25) is 9.59 Å². The average Bonchev–Trinajstić information content (AvgIpc) is 3.21. The molecule has 2 heterocycles. The standard InChI is InChI=1S/C26H23N3O3/c1-16-7-5-8-17(13-16)19-10-6-9-18-14-20(27-24(18)19)25(30)28-21-15-32-23-12-4-3-11-22(23)29(2)26(21)31/h3-14,21,27H,15H2,1-2H3,(H,28,30)/t21-/m0/s1. The molecule has 2 amide bonds. The Morgan fingerprint density at radius 2 is 1.88 bits per heavy atom. The first-order valence-electron chi connectivity index (χ1n) is 10.5. The van der Waals surface area contributed by atoms with Gasteiger partial charge in [0.05, 0.1) is 11.2 Å². The van der Waals surface area contributed by atoms with E-state index < -0.39 is 6.04 Å². The van der Waals surface area contributed by atoms with Gasteiger partial charge in [0.25, 0.3) is 11.8 Å². The third kappa shape index (κ3) is 3.50. The van der Waals surface area contributed by atoms with Crippen LogP contribution in [-0.4, -0.2) is 36.5 Å². The summed E-state index contributed by atoms with van der Waals surface area (Å²) < 4.78 is 5.80. The Kier molecular flexibility index (Phi) is 4.90. The van der Waals surface area contributed by atoms with Crippen molar-refractivity contribution in [2.24, 2.45) is 0 Å². The van der Waals surface area contributed by atoms with Crippen LogP contribution in [0.1, 0.15) is 16.1 Å². The van der Waals surface area contributed by atoms with Crippen LogP contribution >= 0.6 is 0 Å². The minimum Gasteiger partial charge on any atom is -0.489 e. The van der Waals surface area contributed by atoms with Crippen molar-refractivity contribution in [1.82, 2.24) is 10.3 Å². The zero-order valence-electron chi connectivity index (χ0n) is 17.9. The molecule has 1 aliphatic heterocycles. The van der Waals surface area contributed by atoms with Crippen molar-refractivity contribution in [2.75, 3.05) is 18.6 Å². The second-order valence-corrected chi connectivity index (χ2v) is 8.02. The largest absolute Gasteiger partial charge is 0.489 e. The van der Waals surface area contributed by atoms with Crippen molar-refractivity contribution in [3.05, 3.63) is 84.1 Å². The minimum absolute atomic E-state index is 0.0701. The molecule has 5 rings (SSSR count). The molecule has 4 aromatic rings. The lowest BCUT2D eigenvalue weighted by Gasteiger charge is -2.20. The fourth-order valence-electron chi connectivity index (χ4n) is 4.12. The Morgan fingerprint density at radius 1 is 1.06 bits per heavy atom. The predicted octanol–water partition coefficient (Wildman–Crippen LogP) is 4.30. The smallest absolute Gasteiger partial charge is 0.268 e. The number of hydrogen-bond donors (Lipinski definition) is 2. The Morgan fingerprint density at radius 3 is 2.72 bits per heavy atom. The number of nitrogens with zero attached hydrogens (tertiary/aromatic N) is 1. The molecular weight excluding hydrogens is 402 g/mol. The van der Waals surface area contributed by atoms with Crippen LogP contribution < -0.4 is 15.0 Å². The lowest BCUT2D eigenvalue weighted by Crippen LogP contribution is -2.49. The number of carbonyl (C=O) groups excluding carboxylic acids is 2. The summed E-state index contributed by atoms with van der Waals surface area (Å²) in [6.45, 7) is 2.12. The predicted molar refractivity (Wildman–Crippen MR) is 125 cm³/mol. The zero-order valence-corrected chi connectivity index (χ0v) is 17.9. The maximum atomic E-state index is 13.1. The average molecular weight is 425 g/mol. The molecular formula is C26H23N3O3. The molecule has 160 valence electrons. The summed E-state index contributed by atoms with van der Waals surface area (Å²) in [7, 11) is 1.69. The van der Waals surface area contributed by atoms with Crippen LogP contribution in [0.2, 0.25) is 0 Å². The Hall–Kier alpha value is -4.06. The van der Waals surface area contributed by atoms with Gasteiger partial charge < -0.3 is 19.9 Å². The van der Waals surface area contributed by atoms with E-state index in [-0.39, 0.29) is 18.4 Å². The highest BCUT2D eigenvalue weighted by molar-refractivity contribution is 6.05. The number of aromatic nitrogens is 1. The number of nitrogens with one attached hydrogen (secondary N) is 2. The molecule has 2 N–H and O–H groups in total. The Bertz CT molecular complexity index is 1340. The second-order valence-electron chi connectivity index (χ2n) is 8.02. The topological polar surface area (TPSA) is 74.4 Å². The molecule has 1 aliphatic rings. The zero-order chi connectivity index (χ0) is 22.2. The van der Waals surface area contributed by atoms with Gasteiger partial charge in [-0.05, 0) is 30.7 Å². The van der Waals surface area contributed by atoms with E-state index in [1.807, 2.05) is 54.6 Å². The SMILES string of the molecule is Cc1cccc(-c2cccc3cc(C(=O)N[C@H]4COc5ccccc5N(C)C4=O)[nH]c23)c1. The van der Waals surface area contributed by atoms with Gasteiger partial charge >= 0.3 is 0 Å². The van der Waals surface area contributed by atoms with Crippen LogP contribution in [0.4, 0.5) is 5.69 Å². The molecule has 1 atom stereocenters. The molecule has 0 bridgehead atoms. The number of para-hydroxylation sites is 3. The third-order valence-electron chi connectivity index (χ3n) is 5.80. The normalized spacial score (nSPS) is 15.8. The molecule has 1 aromatic heterocycles. The number of aromatic amines is 1. The van der Waals surface area contributed by atoms with Crippen molar-refractivity contribution in [3.63, 3.8) is 0 Å². The first-order valence-corrected chi connectivity index (χ1v) is 10.5. The van der Waals surface area contributed by atoms with Crippen molar-refractivity contribution in [3.8, 4) is 16.9 Å². The lowest BCUT2D eigenvalue weighted by atomic mass is 10.0. The molecule has 0 fully saturated rings. The Balaban J connectivity index is 1.42. The monoisotopic (exact) mass is 425 g/mol. The quantitative estimate of drug-likeness (QED) is 0.514. The van der Waals surface area contributed by atoms with E-state index in [0.29, 0.717) is 17.1 Å². The van der Waals surface area contributed by atoms with Crippen LogP contribution in [0.15, 0.2) is 72.8 Å². The van der Waals surface area contributed by atoms with Crippen molar-refractivity contribution in [2.45, 2.75) is 13.0 Å². The van der Waals surface area contributed by atoms with Gasteiger partial charge in [-0.2, -0.15) is 0 Å². The first kappa shape index (κ1) is 19.9. The molecule has 0 spiro atoms. The van der Waals surface area contributed by atoms with E-state index in [1.165, 1.54) is 10.5 Å². The van der Waals surface area contributed by atoms with E-state index in [2.05, 4.69) is 35.4 Å². The summed E-state index contributed by atoms with van der Waals surface area (Å²) >= 11 is 0. The number of benzene rings is 3. The number of H-pyrrole nitrogens is 1. The van der Waals surface area contributed by atoms with Gasteiger partial charge in [0.15, 0.2) is 0 Å². The molecule has 0 aliphatic carbocycles. The van der Waals surface area contributed by atoms with Gasteiger partial charge in [-0.15, -0.1) is 0 Å². The van der Waals surface area contributed by atoms with Gasteiger partial charge in [0.1, 0.15) is 24.1 Å². The summed E-state index contributed by atoms with van der Waals surface area (Å²) in [6.07, 6.45) is 0. The number of ether oxygens (including phenoxy) is 1. The van der Waals surface area contributed by atoms with Gasteiger partial charge in [-0.1, -0.05) is 60.2 Å². The van der Waals surface area contributed by atoms with Gasteiger partial charge in [0.2, 0.25) is 0 Å². The highest BCUT2D eigenvalue weighted by Crippen LogP contribution is 2.31. The molecule has 0 saturated heterocycles. The highest BCUT2D eigenvalue weighted by atomic mass is 16.5. The van der Waals surface area contributed by atoms with Crippen LogP contribution in [0.5, 0.6) is 5.75 Å². The summed E-state index contributed by atoms with van der Waals surface area (Å²) in [5, 5.41) is 3.77. The lowest BCUT2D eigenvalue weighted by molar-refractivity contribution is -0.120. The number of fused-ring (bicyclic) bond motifs is 2. The maximum Gasteiger partial charge on any atom is 0.268 e. The van der Waals surface area contributed by atoms with Crippen molar-refractivity contribution >= 4 is 28.4 Å². The van der Waals surface area contributed by atoms with Crippen LogP contribution in [0.3, 0.4) is 0 Å². The maximum absolute atomic E-state index is 13.1. The summed E-state index contributed by atoms with van der Waals surface area (Å²) in [5.41, 5.74) is 5.24. The minimum atomic E-state index is -0.789. The van der Waals surface area contributed by atoms with E-state index in [0.717, 1.165) is 22.0 Å². The highest BCUT2D eigenvalue weighted by Gasteiger charge is 2.31. The van der Waals surface area contributed by atoms with Crippen LogP contribution in [0.25, 0.3) is 22.0 Å². The number of aryl methyl sites for hydroxylation is 1. The summed E-state index contributed by atoms with van der Waals surface area (Å²) in [6, 6.07) is 22.6. The van der Waals surface area contributed by atoms with E-state index in [4.69, 9.17) is 4.74 Å². The number of carbonyl (C=O) groups is 2. The summed E-state index contributed by atoms with van der Waals surface area (Å²) in [4.78, 5) is 30.8. The number of hydrogen-bond acceptors (Lipinski definition) is 3. The van der Waals surface area contributed by atoms with Crippen molar-refractivity contribution < 1.29 is 14.3 Å².